The van der Waals surface area contributed by atoms with Crippen LogP contribution in [0.5, 0.6) is 11.5 Å². The molecule has 1 atom stereocenters. The number of fused-ring (bicyclic) bond motifs is 4. The third-order valence-corrected chi connectivity index (χ3v) is 10.6. The highest BCUT2D eigenvalue weighted by Crippen LogP contribution is 2.43. The monoisotopic (exact) mass is 677 g/mol. The van der Waals surface area contributed by atoms with Gasteiger partial charge in [-0.05, 0) is 71.5 Å². The summed E-state index contributed by atoms with van der Waals surface area (Å²) < 4.78 is 15.9. The molecular formula is C38H29Cl2N3O3S. The molecule has 47 heavy (non-hydrogen) atoms. The van der Waals surface area contributed by atoms with Crippen LogP contribution in [0.25, 0.3) is 22.7 Å². The van der Waals surface area contributed by atoms with Gasteiger partial charge >= 0.3 is 0 Å². The molecule has 0 fully saturated rings. The van der Waals surface area contributed by atoms with E-state index in [1.807, 2.05) is 53.1 Å². The highest BCUT2D eigenvalue weighted by Gasteiger charge is 2.33. The molecule has 0 bridgehead atoms. The van der Waals surface area contributed by atoms with Gasteiger partial charge in [-0.25, -0.2) is 4.99 Å². The highest BCUT2D eigenvalue weighted by atomic mass is 35.5. The van der Waals surface area contributed by atoms with Crippen molar-refractivity contribution in [3.05, 3.63) is 154 Å². The van der Waals surface area contributed by atoms with Gasteiger partial charge < -0.3 is 14.0 Å². The number of ether oxygens (including phenoxy) is 2. The van der Waals surface area contributed by atoms with Gasteiger partial charge in [-0.15, -0.1) is 0 Å². The molecule has 6 nitrogen and oxygen atoms in total. The molecule has 4 aromatic carbocycles. The number of nitrogens with zero attached hydrogens (tertiary/aromatic N) is 3. The lowest BCUT2D eigenvalue weighted by Gasteiger charge is -2.31. The lowest BCUT2D eigenvalue weighted by atomic mass is 9.83. The molecule has 0 saturated heterocycles. The van der Waals surface area contributed by atoms with Crippen LogP contribution >= 0.6 is 34.5 Å². The van der Waals surface area contributed by atoms with Crippen LogP contribution in [0.15, 0.2) is 106 Å². The first-order valence-electron chi connectivity index (χ1n) is 15.3. The van der Waals surface area contributed by atoms with Crippen LogP contribution in [0.2, 0.25) is 10.0 Å². The van der Waals surface area contributed by atoms with E-state index >= 15 is 0 Å². The summed E-state index contributed by atoms with van der Waals surface area (Å²) in [5.41, 5.74) is 8.32. The fourth-order valence-electron chi connectivity index (χ4n) is 6.84. The van der Waals surface area contributed by atoms with E-state index in [0.717, 1.165) is 57.3 Å². The van der Waals surface area contributed by atoms with E-state index in [1.165, 1.54) is 16.9 Å². The Bertz CT molecular complexity index is 2440. The largest absolute Gasteiger partial charge is 0.493 e. The minimum absolute atomic E-state index is 0.0727. The summed E-state index contributed by atoms with van der Waals surface area (Å²) >= 11 is 14.1. The smallest absolute Gasteiger partial charge is 0.271 e. The van der Waals surface area contributed by atoms with Crippen LogP contribution < -0.4 is 24.4 Å². The summed E-state index contributed by atoms with van der Waals surface area (Å²) in [5.74, 6) is 1.26. The molecule has 0 spiro atoms. The maximum Gasteiger partial charge on any atom is 0.271 e. The third kappa shape index (κ3) is 5.10. The topological polar surface area (TPSA) is 57.8 Å². The number of aryl methyl sites for hydroxylation is 1. The fraction of sp³-hybridized carbons (Fsp3) is 0.158. The van der Waals surface area contributed by atoms with E-state index in [1.54, 1.807) is 20.3 Å². The summed E-state index contributed by atoms with van der Waals surface area (Å²) in [4.78, 5) is 20.3. The van der Waals surface area contributed by atoms with E-state index in [4.69, 9.17) is 37.7 Å². The van der Waals surface area contributed by atoms with Gasteiger partial charge in [0.05, 0.1) is 30.5 Å². The summed E-state index contributed by atoms with van der Waals surface area (Å²) in [6, 6.07) is 27.8. The SMILES string of the molecule is COc1ccc([C@H]2C3=C(N=c4s/c(=C\c5cn(Cc6ccc(Cl)cc6Cl)c6ccccc56)c(=O)n42)c2ccccc2CC3)cc1OC. The molecule has 0 amide bonds. The van der Waals surface area contributed by atoms with Crippen molar-refractivity contribution in [1.82, 2.24) is 9.13 Å². The average molecular weight is 679 g/mol. The molecule has 1 aliphatic carbocycles. The van der Waals surface area contributed by atoms with Gasteiger partial charge in [-0.2, -0.15) is 0 Å². The molecule has 6 aromatic rings. The molecule has 9 heteroatoms. The van der Waals surface area contributed by atoms with Crippen LogP contribution in [0.1, 0.15) is 40.3 Å². The highest BCUT2D eigenvalue weighted by molar-refractivity contribution is 7.07. The molecule has 234 valence electrons. The van der Waals surface area contributed by atoms with E-state index in [2.05, 4.69) is 47.2 Å². The number of rotatable bonds is 6. The van der Waals surface area contributed by atoms with Crippen LogP contribution in [-0.4, -0.2) is 23.4 Å². The van der Waals surface area contributed by atoms with Crippen molar-refractivity contribution in [3.63, 3.8) is 0 Å². The summed E-state index contributed by atoms with van der Waals surface area (Å²) in [5, 5.41) is 2.27. The average Bonchev–Trinajstić information content (AvgIpc) is 3.60. The number of aromatic nitrogens is 2. The molecule has 1 aliphatic heterocycles. The van der Waals surface area contributed by atoms with Gasteiger partial charge in [0.25, 0.3) is 5.56 Å². The summed E-state index contributed by atoms with van der Waals surface area (Å²) in [6.45, 7) is 0.567. The standard InChI is InChI=1S/C38H29Cl2N3O3S/c1-45-32-16-13-23(17-33(32)46-2)36-29-15-12-22-7-3-4-9-28(22)35(29)41-38-43(36)37(44)34(47-38)18-25-21-42(31-10-6-5-8-27(25)31)20-24-11-14-26(39)19-30(24)40/h3-11,13-14,16-19,21,36H,12,15,20H2,1-2H3/b34-18-/t36-/m0/s1. The van der Waals surface area contributed by atoms with Crippen molar-refractivity contribution in [2.45, 2.75) is 25.4 Å². The van der Waals surface area contributed by atoms with Crippen molar-refractivity contribution in [2.24, 2.45) is 4.99 Å². The van der Waals surface area contributed by atoms with E-state index in [9.17, 15) is 4.79 Å². The Morgan fingerprint density at radius 2 is 1.74 bits per heavy atom. The zero-order valence-corrected chi connectivity index (χ0v) is 28.0. The number of thiazole rings is 1. The Morgan fingerprint density at radius 3 is 2.57 bits per heavy atom. The Hall–Kier alpha value is -4.56. The number of hydrogen-bond donors (Lipinski definition) is 0. The zero-order valence-electron chi connectivity index (χ0n) is 25.7. The summed E-state index contributed by atoms with van der Waals surface area (Å²) in [7, 11) is 3.26. The molecule has 2 aliphatic rings. The molecule has 0 N–H and O–H groups in total. The van der Waals surface area contributed by atoms with Gasteiger partial charge in [0.15, 0.2) is 16.3 Å². The number of halogens is 2. The molecular weight excluding hydrogens is 649 g/mol. The lowest BCUT2D eigenvalue weighted by Crippen LogP contribution is -2.38. The zero-order chi connectivity index (χ0) is 32.2. The minimum Gasteiger partial charge on any atom is -0.493 e. The number of hydrogen-bond acceptors (Lipinski definition) is 5. The van der Waals surface area contributed by atoms with Crippen LogP contribution in [0.4, 0.5) is 0 Å². The maximum absolute atomic E-state index is 14.5. The van der Waals surface area contributed by atoms with Gasteiger partial charge in [0, 0.05) is 44.8 Å². The first kappa shape index (κ1) is 29.8. The van der Waals surface area contributed by atoms with Crippen LogP contribution in [0, 0.1) is 0 Å². The fourth-order valence-corrected chi connectivity index (χ4v) is 8.30. The first-order chi connectivity index (χ1) is 22.9. The maximum atomic E-state index is 14.5. The van der Waals surface area contributed by atoms with Crippen molar-refractivity contribution >= 4 is 57.2 Å². The minimum atomic E-state index is -0.329. The second-order valence-electron chi connectivity index (χ2n) is 11.7. The van der Waals surface area contributed by atoms with E-state index < -0.39 is 0 Å². The third-order valence-electron chi connectivity index (χ3n) is 9.06. The number of para-hydroxylation sites is 1. The molecule has 0 saturated carbocycles. The van der Waals surface area contributed by atoms with E-state index in [-0.39, 0.29) is 11.6 Å². The molecule has 0 radical (unpaired) electrons. The summed E-state index contributed by atoms with van der Waals surface area (Å²) in [6.07, 6.45) is 5.77. The first-order valence-corrected chi connectivity index (χ1v) is 16.9. The quantitative estimate of drug-likeness (QED) is 0.182. The van der Waals surface area contributed by atoms with Crippen LogP contribution in [0.3, 0.4) is 0 Å². The van der Waals surface area contributed by atoms with E-state index in [0.29, 0.717) is 37.4 Å². The Labute approximate surface area is 285 Å². The molecule has 0 unspecified atom stereocenters. The second kappa shape index (κ2) is 11.9. The number of benzene rings is 4. The Balaban J connectivity index is 1.32. The van der Waals surface area contributed by atoms with Gasteiger partial charge in [-0.1, -0.05) is 89.1 Å². The van der Waals surface area contributed by atoms with Crippen molar-refractivity contribution in [1.29, 1.82) is 0 Å². The molecule has 3 heterocycles. The molecule has 8 rings (SSSR count). The predicted molar refractivity (Wildman–Crippen MR) is 190 cm³/mol. The Kier molecular flexibility index (Phi) is 7.55. The van der Waals surface area contributed by atoms with Crippen molar-refractivity contribution in [3.8, 4) is 11.5 Å². The van der Waals surface area contributed by atoms with Crippen molar-refractivity contribution in [2.75, 3.05) is 14.2 Å². The normalized spacial score (nSPS) is 15.7. The second-order valence-corrected chi connectivity index (χ2v) is 13.5. The Morgan fingerprint density at radius 1 is 0.936 bits per heavy atom. The van der Waals surface area contributed by atoms with Gasteiger partial charge in [0.1, 0.15) is 0 Å². The number of allylic oxidation sites excluding steroid dienone is 1. The lowest BCUT2D eigenvalue weighted by molar-refractivity contribution is 0.354. The number of methoxy groups -OCH3 is 2. The van der Waals surface area contributed by atoms with Crippen molar-refractivity contribution < 1.29 is 9.47 Å². The molecule has 2 aromatic heterocycles. The predicted octanol–water partition coefficient (Wildman–Crippen LogP) is 7.65. The van der Waals surface area contributed by atoms with Gasteiger partial charge in [-0.3, -0.25) is 9.36 Å². The van der Waals surface area contributed by atoms with Crippen LogP contribution in [-0.2, 0) is 13.0 Å². The van der Waals surface area contributed by atoms with Gasteiger partial charge in [0.2, 0.25) is 0 Å².